The zero-order valence-electron chi connectivity index (χ0n) is 15.4. The number of fused-ring (bicyclic) bond motifs is 1. The molecule has 26 heavy (non-hydrogen) atoms. The van der Waals surface area contributed by atoms with E-state index in [9.17, 15) is 9.59 Å². The molecule has 0 radical (unpaired) electrons. The molecule has 2 aromatic rings. The van der Waals surface area contributed by atoms with Crippen molar-refractivity contribution in [1.82, 2.24) is 9.88 Å². The molecule has 1 aliphatic heterocycles. The Bertz CT molecular complexity index is 806. The van der Waals surface area contributed by atoms with E-state index in [0.717, 1.165) is 25.9 Å². The standard InChI is InChI=1S/C19H25N3O4/c1-12-7-9-22(10-8-12)11-15(23)21-17-16-13(5-4-6-14(16)25-2)20-18(17)19(24)26-3/h4-6,12,20H,7-11H2,1-3H3,(H,21,23). The molecule has 0 spiro atoms. The minimum absolute atomic E-state index is 0.156. The maximum atomic E-state index is 12.6. The summed E-state index contributed by atoms with van der Waals surface area (Å²) in [4.78, 5) is 29.9. The monoisotopic (exact) mass is 359 g/mol. The molecule has 1 saturated heterocycles. The number of likely N-dealkylation sites (tertiary alicyclic amines) is 1. The smallest absolute Gasteiger partial charge is 0.356 e. The van der Waals surface area contributed by atoms with E-state index < -0.39 is 5.97 Å². The van der Waals surface area contributed by atoms with Crippen LogP contribution in [0.15, 0.2) is 18.2 Å². The summed E-state index contributed by atoms with van der Waals surface area (Å²) >= 11 is 0. The molecular weight excluding hydrogens is 334 g/mol. The number of methoxy groups -OCH3 is 2. The Balaban J connectivity index is 1.87. The van der Waals surface area contributed by atoms with Gasteiger partial charge in [-0.3, -0.25) is 9.69 Å². The van der Waals surface area contributed by atoms with Gasteiger partial charge in [0.05, 0.1) is 37.4 Å². The van der Waals surface area contributed by atoms with Crippen LogP contribution in [0.3, 0.4) is 0 Å². The second-order valence-electron chi connectivity index (χ2n) is 6.76. The maximum absolute atomic E-state index is 12.6. The molecule has 7 nitrogen and oxygen atoms in total. The number of hydrogen-bond donors (Lipinski definition) is 2. The average molecular weight is 359 g/mol. The molecular formula is C19H25N3O4. The molecule has 2 heterocycles. The minimum Gasteiger partial charge on any atom is -0.496 e. The highest BCUT2D eigenvalue weighted by molar-refractivity contribution is 6.13. The molecule has 7 heteroatoms. The maximum Gasteiger partial charge on any atom is 0.356 e. The lowest BCUT2D eigenvalue weighted by Crippen LogP contribution is -2.38. The van der Waals surface area contributed by atoms with Crippen molar-refractivity contribution in [2.24, 2.45) is 5.92 Å². The molecule has 0 saturated carbocycles. The third-order valence-corrected chi connectivity index (χ3v) is 4.90. The van der Waals surface area contributed by atoms with Gasteiger partial charge in [-0.05, 0) is 44.0 Å². The number of nitrogens with zero attached hydrogens (tertiary/aromatic N) is 1. The van der Waals surface area contributed by atoms with Gasteiger partial charge in [-0.1, -0.05) is 13.0 Å². The van der Waals surface area contributed by atoms with Crippen molar-refractivity contribution in [3.05, 3.63) is 23.9 Å². The number of amides is 1. The van der Waals surface area contributed by atoms with Crippen LogP contribution in [0.4, 0.5) is 5.69 Å². The highest BCUT2D eigenvalue weighted by atomic mass is 16.5. The first-order valence-corrected chi connectivity index (χ1v) is 8.82. The molecule has 0 unspecified atom stereocenters. The van der Waals surface area contributed by atoms with Gasteiger partial charge in [-0.2, -0.15) is 0 Å². The van der Waals surface area contributed by atoms with Gasteiger partial charge >= 0.3 is 5.97 Å². The molecule has 140 valence electrons. The van der Waals surface area contributed by atoms with E-state index in [2.05, 4.69) is 22.1 Å². The molecule has 1 aromatic carbocycles. The number of aromatic nitrogens is 1. The van der Waals surface area contributed by atoms with Crippen LogP contribution < -0.4 is 10.1 Å². The highest BCUT2D eigenvalue weighted by Crippen LogP contribution is 2.35. The van der Waals surface area contributed by atoms with Gasteiger partial charge in [0.1, 0.15) is 11.4 Å². The molecule has 3 rings (SSSR count). The summed E-state index contributed by atoms with van der Waals surface area (Å²) in [6, 6.07) is 5.43. The number of anilines is 1. The van der Waals surface area contributed by atoms with Crippen LogP contribution in [0.25, 0.3) is 10.9 Å². The first kappa shape index (κ1) is 18.3. The Labute approximate surface area is 152 Å². The number of rotatable bonds is 5. The Kier molecular flexibility index (Phi) is 5.46. The van der Waals surface area contributed by atoms with Gasteiger partial charge in [-0.15, -0.1) is 0 Å². The fraction of sp³-hybridized carbons (Fsp3) is 0.474. The lowest BCUT2D eigenvalue weighted by molar-refractivity contribution is -0.117. The molecule has 0 bridgehead atoms. The first-order valence-electron chi connectivity index (χ1n) is 8.82. The van der Waals surface area contributed by atoms with Crippen molar-refractivity contribution < 1.29 is 19.1 Å². The van der Waals surface area contributed by atoms with Crippen molar-refractivity contribution in [2.75, 3.05) is 39.2 Å². The summed E-state index contributed by atoms with van der Waals surface area (Å²) in [6.07, 6.45) is 2.20. The van der Waals surface area contributed by atoms with Crippen LogP contribution in [0.1, 0.15) is 30.3 Å². The summed E-state index contributed by atoms with van der Waals surface area (Å²) in [6.45, 7) is 4.36. The lowest BCUT2D eigenvalue weighted by Gasteiger charge is -2.29. The Morgan fingerprint density at radius 2 is 2.00 bits per heavy atom. The van der Waals surface area contributed by atoms with Gasteiger partial charge in [-0.25, -0.2) is 4.79 Å². The number of carbonyl (C=O) groups excluding carboxylic acids is 2. The van der Waals surface area contributed by atoms with Crippen molar-refractivity contribution >= 4 is 28.5 Å². The number of ether oxygens (including phenoxy) is 2. The zero-order chi connectivity index (χ0) is 18.7. The van der Waals surface area contributed by atoms with Crippen LogP contribution in [0, 0.1) is 5.92 Å². The van der Waals surface area contributed by atoms with Crippen LogP contribution in [-0.4, -0.2) is 55.6 Å². The summed E-state index contributed by atoms with van der Waals surface area (Å²) in [5.74, 6) is 0.593. The molecule has 2 N–H and O–H groups in total. The van der Waals surface area contributed by atoms with E-state index in [-0.39, 0.29) is 11.6 Å². The number of benzene rings is 1. The number of esters is 1. The predicted octanol–water partition coefficient (Wildman–Crippen LogP) is 2.63. The summed E-state index contributed by atoms with van der Waals surface area (Å²) in [7, 11) is 2.87. The van der Waals surface area contributed by atoms with Crippen LogP contribution >= 0.6 is 0 Å². The summed E-state index contributed by atoms with van der Waals surface area (Å²) < 4.78 is 10.3. The molecule has 1 aliphatic rings. The highest BCUT2D eigenvalue weighted by Gasteiger charge is 2.24. The third kappa shape index (κ3) is 3.67. The second kappa shape index (κ2) is 7.78. The van der Waals surface area contributed by atoms with E-state index in [0.29, 0.717) is 34.8 Å². The average Bonchev–Trinajstić information content (AvgIpc) is 3.01. The van der Waals surface area contributed by atoms with Gasteiger partial charge < -0.3 is 19.8 Å². The van der Waals surface area contributed by atoms with Gasteiger partial charge in [0.2, 0.25) is 5.91 Å². The summed E-state index contributed by atoms with van der Waals surface area (Å²) in [5, 5.41) is 3.55. The van der Waals surface area contributed by atoms with Crippen LogP contribution in [0.5, 0.6) is 5.75 Å². The largest absolute Gasteiger partial charge is 0.496 e. The Morgan fingerprint density at radius 1 is 1.27 bits per heavy atom. The number of piperidine rings is 1. The topological polar surface area (TPSA) is 83.7 Å². The number of H-pyrrole nitrogens is 1. The zero-order valence-corrected chi connectivity index (χ0v) is 15.4. The van der Waals surface area contributed by atoms with Crippen molar-refractivity contribution in [2.45, 2.75) is 19.8 Å². The summed E-state index contributed by atoms with van der Waals surface area (Å²) in [5.41, 5.74) is 1.32. The van der Waals surface area contributed by atoms with Crippen LogP contribution in [-0.2, 0) is 9.53 Å². The normalized spacial score (nSPS) is 15.8. The van der Waals surface area contributed by atoms with E-state index in [1.165, 1.54) is 7.11 Å². The molecule has 0 aliphatic carbocycles. The van der Waals surface area contributed by atoms with Crippen LogP contribution in [0.2, 0.25) is 0 Å². The van der Waals surface area contributed by atoms with Gasteiger partial charge in [0, 0.05) is 0 Å². The number of hydrogen-bond acceptors (Lipinski definition) is 5. The quantitative estimate of drug-likeness (QED) is 0.802. The minimum atomic E-state index is -0.537. The second-order valence-corrected chi connectivity index (χ2v) is 6.76. The molecule has 1 fully saturated rings. The van der Waals surface area contributed by atoms with E-state index in [4.69, 9.17) is 9.47 Å². The van der Waals surface area contributed by atoms with Gasteiger partial charge in [0.25, 0.3) is 0 Å². The van der Waals surface area contributed by atoms with Crippen molar-refractivity contribution in [3.63, 3.8) is 0 Å². The fourth-order valence-electron chi connectivity index (χ4n) is 3.37. The van der Waals surface area contributed by atoms with E-state index in [1.54, 1.807) is 13.2 Å². The molecule has 1 aromatic heterocycles. The number of aromatic amines is 1. The van der Waals surface area contributed by atoms with Crippen molar-refractivity contribution in [3.8, 4) is 5.75 Å². The van der Waals surface area contributed by atoms with E-state index >= 15 is 0 Å². The molecule has 1 amide bonds. The number of nitrogens with one attached hydrogen (secondary N) is 2. The third-order valence-electron chi connectivity index (χ3n) is 4.90. The van der Waals surface area contributed by atoms with Crippen molar-refractivity contribution in [1.29, 1.82) is 0 Å². The van der Waals surface area contributed by atoms with Gasteiger partial charge in [0.15, 0.2) is 0 Å². The molecule has 0 atom stereocenters. The Hall–Kier alpha value is -2.54. The Morgan fingerprint density at radius 3 is 2.65 bits per heavy atom. The predicted molar refractivity (Wildman–Crippen MR) is 99.7 cm³/mol. The lowest BCUT2D eigenvalue weighted by atomic mass is 9.99. The number of carbonyl (C=O) groups is 2. The SMILES string of the molecule is COC(=O)c1[nH]c2cccc(OC)c2c1NC(=O)CN1CCC(C)CC1. The van der Waals surface area contributed by atoms with E-state index in [1.807, 2.05) is 12.1 Å². The first-order chi connectivity index (χ1) is 12.5. The fourth-order valence-corrected chi connectivity index (χ4v) is 3.37.